The molecule has 1 saturated heterocycles. The second-order valence-corrected chi connectivity index (χ2v) is 7.72. The van der Waals surface area contributed by atoms with E-state index in [-0.39, 0.29) is 18.4 Å². The highest BCUT2D eigenvalue weighted by Crippen LogP contribution is 2.19. The monoisotopic (exact) mass is 406 g/mol. The summed E-state index contributed by atoms with van der Waals surface area (Å²) in [5.74, 6) is 0.658. The van der Waals surface area contributed by atoms with Gasteiger partial charge in [-0.2, -0.15) is 0 Å². The average molecular weight is 406 g/mol. The Kier molecular flexibility index (Phi) is 5.70. The number of rotatable bonds is 4. The SMILES string of the molecule is Cc1ccc(OCC(=O)N2CCCN(C(=O)c3ccc4nc[nH]c4c3)CC2)c(C)c1. The Morgan fingerprint density at radius 2 is 1.83 bits per heavy atom. The van der Waals surface area contributed by atoms with Crippen LogP contribution < -0.4 is 4.74 Å². The minimum Gasteiger partial charge on any atom is -0.484 e. The number of aromatic amines is 1. The summed E-state index contributed by atoms with van der Waals surface area (Å²) in [4.78, 5) is 36.4. The number of amides is 2. The predicted molar refractivity (Wildman–Crippen MR) is 115 cm³/mol. The van der Waals surface area contributed by atoms with Gasteiger partial charge in [0.15, 0.2) is 6.61 Å². The third kappa shape index (κ3) is 4.30. The molecule has 1 N–H and O–H groups in total. The molecule has 2 aromatic carbocycles. The van der Waals surface area contributed by atoms with E-state index < -0.39 is 0 Å². The fourth-order valence-electron chi connectivity index (χ4n) is 3.81. The lowest BCUT2D eigenvalue weighted by Crippen LogP contribution is -2.39. The van der Waals surface area contributed by atoms with Gasteiger partial charge in [0.05, 0.1) is 17.4 Å². The van der Waals surface area contributed by atoms with Crippen LogP contribution >= 0.6 is 0 Å². The van der Waals surface area contributed by atoms with Crippen molar-refractivity contribution in [3.8, 4) is 5.75 Å². The van der Waals surface area contributed by atoms with E-state index >= 15 is 0 Å². The lowest BCUT2D eigenvalue weighted by molar-refractivity contribution is -0.133. The molecule has 0 atom stereocenters. The molecule has 7 nitrogen and oxygen atoms in total. The Bertz CT molecular complexity index is 1080. The average Bonchev–Trinajstić information content (AvgIpc) is 3.07. The van der Waals surface area contributed by atoms with Crippen molar-refractivity contribution in [3.63, 3.8) is 0 Å². The lowest BCUT2D eigenvalue weighted by Gasteiger charge is -2.22. The van der Waals surface area contributed by atoms with E-state index in [2.05, 4.69) is 9.97 Å². The van der Waals surface area contributed by atoms with E-state index in [0.29, 0.717) is 31.7 Å². The van der Waals surface area contributed by atoms with Crippen LogP contribution in [0.3, 0.4) is 0 Å². The Morgan fingerprint density at radius 1 is 1.03 bits per heavy atom. The Hall–Kier alpha value is -3.35. The largest absolute Gasteiger partial charge is 0.484 e. The first-order valence-electron chi connectivity index (χ1n) is 10.2. The maximum Gasteiger partial charge on any atom is 0.260 e. The zero-order valence-corrected chi connectivity index (χ0v) is 17.4. The first-order valence-corrected chi connectivity index (χ1v) is 10.2. The number of aromatic nitrogens is 2. The zero-order valence-electron chi connectivity index (χ0n) is 17.4. The molecule has 0 spiro atoms. The fourth-order valence-corrected chi connectivity index (χ4v) is 3.81. The predicted octanol–water partition coefficient (Wildman–Crippen LogP) is 2.93. The van der Waals surface area contributed by atoms with Crippen molar-refractivity contribution >= 4 is 22.8 Å². The first-order chi connectivity index (χ1) is 14.5. The van der Waals surface area contributed by atoms with Crippen LogP contribution in [0, 0.1) is 13.8 Å². The van der Waals surface area contributed by atoms with Crippen molar-refractivity contribution in [1.82, 2.24) is 19.8 Å². The molecule has 2 amide bonds. The van der Waals surface area contributed by atoms with Crippen molar-refractivity contribution in [2.24, 2.45) is 0 Å². The molecular formula is C23H26N4O3. The topological polar surface area (TPSA) is 78.5 Å². The van der Waals surface area contributed by atoms with E-state index in [0.717, 1.165) is 34.3 Å². The number of fused-ring (bicyclic) bond motifs is 1. The molecule has 156 valence electrons. The Balaban J connectivity index is 1.34. The van der Waals surface area contributed by atoms with Crippen molar-refractivity contribution in [3.05, 3.63) is 59.4 Å². The molecule has 0 aliphatic carbocycles. The second kappa shape index (κ2) is 8.57. The summed E-state index contributed by atoms with van der Waals surface area (Å²) < 4.78 is 5.74. The first kappa shape index (κ1) is 19.9. The number of benzene rings is 2. The third-order valence-corrected chi connectivity index (χ3v) is 5.48. The summed E-state index contributed by atoms with van der Waals surface area (Å²) in [5, 5.41) is 0. The number of hydrogen-bond acceptors (Lipinski definition) is 4. The van der Waals surface area contributed by atoms with Gasteiger partial charge >= 0.3 is 0 Å². The lowest BCUT2D eigenvalue weighted by atomic mass is 10.1. The van der Waals surface area contributed by atoms with Gasteiger partial charge in [0.25, 0.3) is 11.8 Å². The van der Waals surface area contributed by atoms with Gasteiger partial charge in [-0.25, -0.2) is 4.98 Å². The molecule has 30 heavy (non-hydrogen) atoms. The number of aryl methyl sites for hydroxylation is 2. The van der Waals surface area contributed by atoms with Gasteiger partial charge in [-0.1, -0.05) is 17.7 Å². The smallest absolute Gasteiger partial charge is 0.260 e. The standard InChI is InChI=1S/C23H26N4O3/c1-16-4-7-21(17(2)12-16)30-14-22(28)26-8-3-9-27(11-10-26)23(29)18-5-6-19-20(13-18)25-15-24-19/h4-7,12-13,15H,3,8-11,14H2,1-2H3,(H,24,25). The van der Waals surface area contributed by atoms with Crippen LogP contribution in [0.5, 0.6) is 5.75 Å². The normalized spacial score (nSPS) is 14.6. The highest BCUT2D eigenvalue weighted by atomic mass is 16.5. The summed E-state index contributed by atoms with van der Waals surface area (Å²) in [6.45, 7) is 6.28. The minimum atomic E-state index is -0.0526. The van der Waals surface area contributed by atoms with Crippen LogP contribution in [0.25, 0.3) is 11.0 Å². The van der Waals surface area contributed by atoms with E-state index in [1.807, 2.05) is 49.1 Å². The van der Waals surface area contributed by atoms with Crippen LogP contribution in [0.15, 0.2) is 42.7 Å². The molecule has 0 radical (unpaired) electrons. The summed E-state index contributed by atoms with van der Waals surface area (Å²) >= 11 is 0. The van der Waals surface area contributed by atoms with Crippen molar-refractivity contribution in [1.29, 1.82) is 0 Å². The van der Waals surface area contributed by atoms with E-state index in [1.165, 1.54) is 0 Å². The van der Waals surface area contributed by atoms with Crippen LogP contribution in [-0.4, -0.2) is 64.4 Å². The Labute approximate surface area is 175 Å². The molecule has 4 rings (SSSR count). The molecule has 3 aromatic rings. The van der Waals surface area contributed by atoms with Gasteiger partial charge in [-0.05, 0) is 50.1 Å². The molecule has 0 bridgehead atoms. The van der Waals surface area contributed by atoms with Crippen molar-refractivity contribution in [2.75, 3.05) is 32.8 Å². The second-order valence-electron chi connectivity index (χ2n) is 7.72. The summed E-state index contributed by atoms with van der Waals surface area (Å²) in [6.07, 6.45) is 2.36. The van der Waals surface area contributed by atoms with Crippen LogP contribution in [0.2, 0.25) is 0 Å². The number of ether oxygens (including phenoxy) is 1. The van der Waals surface area contributed by atoms with Crippen LogP contribution in [0.4, 0.5) is 0 Å². The van der Waals surface area contributed by atoms with Crippen molar-refractivity contribution in [2.45, 2.75) is 20.3 Å². The maximum atomic E-state index is 12.9. The highest BCUT2D eigenvalue weighted by molar-refractivity contribution is 5.97. The van der Waals surface area contributed by atoms with E-state index in [4.69, 9.17) is 4.74 Å². The molecule has 1 aromatic heterocycles. The molecule has 7 heteroatoms. The van der Waals surface area contributed by atoms with Gasteiger partial charge in [-0.3, -0.25) is 9.59 Å². The summed E-state index contributed by atoms with van der Waals surface area (Å²) in [5.41, 5.74) is 4.49. The Morgan fingerprint density at radius 3 is 2.67 bits per heavy atom. The van der Waals surface area contributed by atoms with Crippen LogP contribution in [0.1, 0.15) is 27.9 Å². The number of hydrogen-bond donors (Lipinski definition) is 1. The van der Waals surface area contributed by atoms with Gasteiger partial charge in [0.2, 0.25) is 0 Å². The highest BCUT2D eigenvalue weighted by Gasteiger charge is 2.23. The quantitative estimate of drug-likeness (QED) is 0.723. The maximum absolute atomic E-state index is 12.9. The van der Waals surface area contributed by atoms with Gasteiger partial charge < -0.3 is 19.5 Å². The molecule has 1 aliphatic heterocycles. The van der Waals surface area contributed by atoms with Gasteiger partial charge in [-0.15, -0.1) is 0 Å². The number of carbonyl (C=O) groups excluding carboxylic acids is 2. The summed E-state index contributed by atoms with van der Waals surface area (Å²) in [6, 6.07) is 11.4. The van der Waals surface area contributed by atoms with Gasteiger partial charge in [0.1, 0.15) is 5.75 Å². The molecule has 0 saturated carbocycles. The van der Waals surface area contributed by atoms with Gasteiger partial charge in [0, 0.05) is 31.7 Å². The number of imidazole rings is 1. The third-order valence-electron chi connectivity index (χ3n) is 5.48. The molecule has 0 unspecified atom stereocenters. The molecule has 2 heterocycles. The molecule has 1 aliphatic rings. The van der Waals surface area contributed by atoms with Crippen molar-refractivity contribution < 1.29 is 14.3 Å². The molecular weight excluding hydrogens is 380 g/mol. The van der Waals surface area contributed by atoms with Crippen LogP contribution in [-0.2, 0) is 4.79 Å². The van der Waals surface area contributed by atoms with E-state index in [1.54, 1.807) is 17.3 Å². The number of carbonyl (C=O) groups is 2. The zero-order chi connectivity index (χ0) is 21.1. The number of nitrogens with zero attached hydrogens (tertiary/aromatic N) is 3. The number of H-pyrrole nitrogens is 1. The molecule has 1 fully saturated rings. The van der Waals surface area contributed by atoms with E-state index in [9.17, 15) is 9.59 Å². The number of nitrogens with one attached hydrogen (secondary N) is 1. The minimum absolute atomic E-state index is 0.00827. The fraction of sp³-hybridized carbons (Fsp3) is 0.348. The summed E-state index contributed by atoms with van der Waals surface area (Å²) in [7, 11) is 0.